The fourth-order valence-electron chi connectivity index (χ4n) is 3.17. The Morgan fingerprint density at radius 2 is 1.62 bits per heavy atom. The molecule has 0 unspecified atom stereocenters. The minimum Gasteiger partial charge on any atom is -0.359 e. The van der Waals surface area contributed by atoms with Crippen LogP contribution in [0.2, 0.25) is 0 Å². The molecule has 2 N–H and O–H groups in total. The van der Waals surface area contributed by atoms with E-state index in [1.807, 2.05) is 54.6 Å². The number of aromatic amines is 1. The third kappa shape index (κ3) is 3.52. The van der Waals surface area contributed by atoms with E-state index in [0.717, 1.165) is 12.1 Å². The first-order valence-electron chi connectivity index (χ1n) is 8.71. The van der Waals surface area contributed by atoms with E-state index < -0.39 is 0 Å². The summed E-state index contributed by atoms with van der Waals surface area (Å²) in [7, 11) is 0. The summed E-state index contributed by atoms with van der Waals surface area (Å²) in [6.45, 7) is 2.07. The molecule has 0 spiro atoms. The number of rotatable bonds is 4. The van der Waals surface area contributed by atoms with Crippen molar-refractivity contribution in [3.63, 3.8) is 0 Å². The molecular formula is C23H20N2O. The Hall–Kier alpha value is -3.33. The van der Waals surface area contributed by atoms with Gasteiger partial charge in [-0.05, 0) is 72.3 Å². The number of benzene rings is 3. The molecule has 0 aliphatic heterocycles. The van der Waals surface area contributed by atoms with Gasteiger partial charge in [0, 0.05) is 22.5 Å². The summed E-state index contributed by atoms with van der Waals surface area (Å²) in [4.78, 5) is 15.7. The van der Waals surface area contributed by atoms with Crippen molar-refractivity contribution >= 4 is 22.5 Å². The van der Waals surface area contributed by atoms with E-state index in [-0.39, 0.29) is 5.91 Å². The maximum atomic E-state index is 12.3. The van der Waals surface area contributed by atoms with Gasteiger partial charge >= 0.3 is 0 Å². The molecular weight excluding hydrogens is 320 g/mol. The third-order valence-electron chi connectivity index (χ3n) is 4.48. The maximum absolute atomic E-state index is 12.3. The maximum Gasteiger partial charge on any atom is 0.255 e. The average molecular weight is 340 g/mol. The van der Waals surface area contributed by atoms with E-state index in [9.17, 15) is 4.79 Å². The summed E-state index contributed by atoms with van der Waals surface area (Å²) in [5, 5.41) is 4.14. The van der Waals surface area contributed by atoms with Gasteiger partial charge in [-0.3, -0.25) is 4.79 Å². The molecule has 1 heterocycles. The Morgan fingerprint density at radius 3 is 2.38 bits per heavy atom. The molecule has 0 aliphatic carbocycles. The molecule has 0 saturated heterocycles. The van der Waals surface area contributed by atoms with E-state index in [1.165, 1.54) is 27.7 Å². The second-order valence-corrected chi connectivity index (χ2v) is 6.57. The van der Waals surface area contributed by atoms with Crippen molar-refractivity contribution in [3.8, 4) is 0 Å². The van der Waals surface area contributed by atoms with E-state index in [2.05, 4.69) is 41.5 Å². The first-order chi connectivity index (χ1) is 12.7. The highest BCUT2D eigenvalue weighted by molar-refractivity contribution is 6.04. The number of anilines is 1. The molecule has 0 saturated carbocycles. The molecule has 3 nitrogen and oxygen atoms in total. The van der Waals surface area contributed by atoms with E-state index in [1.54, 1.807) is 0 Å². The zero-order chi connectivity index (χ0) is 17.9. The van der Waals surface area contributed by atoms with Crippen molar-refractivity contribution in [1.82, 2.24) is 4.98 Å². The highest BCUT2D eigenvalue weighted by Crippen LogP contribution is 2.19. The molecule has 0 atom stereocenters. The number of H-pyrrole nitrogens is 1. The largest absolute Gasteiger partial charge is 0.359 e. The lowest BCUT2D eigenvalue weighted by Gasteiger charge is -2.07. The number of carbonyl (C=O) groups is 1. The van der Waals surface area contributed by atoms with Gasteiger partial charge in [0.15, 0.2) is 0 Å². The summed E-state index contributed by atoms with van der Waals surface area (Å²) in [6, 6.07) is 26.0. The van der Waals surface area contributed by atoms with E-state index in [4.69, 9.17) is 0 Å². The van der Waals surface area contributed by atoms with Crippen LogP contribution in [0.4, 0.5) is 5.69 Å². The van der Waals surface area contributed by atoms with Crippen LogP contribution in [0.25, 0.3) is 10.9 Å². The zero-order valence-electron chi connectivity index (χ0n) is 14.6. The topological polar surface area (TPSA) is 44.9 Å². The summed E-state index contributed by atoms with van der Waals surface area (Å²) in [5.41, 5.74) is 6.25. The van der Waals surface area contributed by atoms with Gasteiger partial charge in [-0.2, -0.15) is 0 Å². The molecule has 1 aromatic heterocycles. The number of hydrogen-bond donors (Lipinski definition) is 2. The van der Waals surface area contributed by atoms with Gasteiger partial charge in [0.1, 0.15) is 0 Å². The average Bonchev–Trinajstić information content (AvgIpc) is 3.02. The van der Waals surface area contributed by atoms with Gasteiger partial charge in [0.05, 0.1) is 0 Å². The lowest BCUT2D eigenvalue weighted by molar-refractivity contribution is 0.102. The van der Waals surface area contributed by atoms with Gasteiger partial charge in [0.25, 0.3) is 5.91 Å². The smallest absolute Gasteiger partial charge is 0.255 e. The van der Waals surface area contributed by atoms with Crippen LogP contribution in [-0.2, 0) is 6.42 Å². The Morgan fingerprint density at radius 1 is 0.885 bits per heavy atom. The number of aromatic nitrogens is 1. The van der Waals surface area contributed by atoms with E-state index >= 15 is 0 Å². The zero-order valence-corrected chi connectivity index (χ0v) is 14.6. The third-order valence-corrected chi connectivity index (χ3v) is 4.48. The second kappa shape index (κ2) is 6.89. The first kappa shape index (κ1) is 16.2. The van der Waals surface area contributed by atoms with Crippen molar-refractivity contribution in [3.05, 3.63) is 101 Å². The number of hydrogen-bond acceptors (Lipinski definition) is 1. The van der Waals surface area contributed by atoms with Crippen molar-refractivity contribution in [2.75, 3.05) is 5.32 Å². The number of fused-ring (bicyclic) bond motifs is 1. The van der Waals surface area contributed by atoms with Crippen LogP contribution >= 0.6 is 0 Å². The molecule has 26 heavy (non-hydrogen) atoms. The van der Waals surface area contributed by atoms with Crippen LogP contribution in [0.3, 0.4) is 0 Å². The molecule has 0 bridgehead atoms. The summed E-state index contributed by atoms with van der Waals surface area (Å²) in [5.74, 6) is -0.0908. The molecule has 128 valence electrons. The van der Waals surface area contributed by atoms with Crippen LogP contribution in [0.1, 0.15) is 27.2 Å². The Balaban J connectivity index is 1.47. The van der Waals surface area contributed by atoms with E-state index in [0.29, 0.717) is 5.56 Å². The number of nitrogens with one attached hydrogen (secondary N) is 2. The molecule has 4 aromatic rings. The lowest BCUT2D eigenvalue weighted by atomic mass is 10.0. The van der Waals surface area contributed by atoms with Gasteiger partial charge in [-0.15, -0.1) is 0 Å². The van der Waals surface area contributed by atoms with Gasteiger partial charge in [-0.1, -0.05) is 36.4 Å². The predicted octanol–water partition coefficient (Wildman–Crippen LogP) is 5.32. The van der Waals surface area contributed by atoms with Crippen molar-refractivity contribution in [2.45, 2.75) is 13.3 Å². The molecule has 3 heteroatoms. The van der Waals surface area contributed by atoms with Gasteiger partial charge in [0.2, 0.25) is 0 Å². The van der Waals surface area contributed by atoms with Crippen LogP contribution in [0.15, 0.2) is 78.9 Å². The molecule has 0 radical (unpaired) electrons. The minimum atomic E-state index is -0.0908. The predicted molar refractivity (Wildman–Crippen MR) is 107 cm³/mol. The fourth-order valence-corrected chi connectivity index (χ4v) is 3.17. The molecule has 0 aliphatic rings. The van der Waals surface area contributed by atoms with Crippen LogP contribution in [-0.4, -0.2) is 10.9 Å². The molecule has 3 aromatic carbocycles. The van der Waals surface area contributed by atoms with Crippen molar-refractivity contribution in [1.29, 1.82) is 0 Å². The summed E-state index contributed by atoms with van der Waals surface area (Å²) < 4.78 is 0. The SMILES string of the molecule is Cc1cc2cc(Cc3ccc(C(=O)Nc4ccccc4)cc3)ccc2[nH]1. The monoisotopic (exact) mass is 340 g/mol. The lowest BCUT2D eigenvalue weighted by Crippen LogP contribution is -2.11. The standard InChI is InChI=1S/C23H20N2O/c1-16-13-20-15-18(9-12-22(20)24-16)14-17-7-10-19(11-8-17)23(26)25-21-5-3-2-4-6-21/h2-13,15,24H,14H2,1H3,(H,25,26). The number of aryl methyl sites for hydroxylation is 1. The highest BCUT2D eigenvalue weighted by Gasteiger charge is 2.06. The van der Waals surface area contributed by atoms with Crippen molar-refractivity contribution in [2.24, 2.45) is 0 Å². The van der Waals surface area contributed by atoms with Gasteiger partial charge < -0.3 is 10.3 Å². The Bertz CT molecular complexity index is 1050. The summed E-state index contributed by atoms with van der Waals surface area (Å²) >= 11 is 0. The Kier molecular flexibility index (Phi) is 4.28. The number of para-hydroxylation sites is 1. The second-order valence-electron chi connectivity index (χ2n) is 6.57. The summed E-state index contributed by atoms with van der Waals surface area (Å²) in [6.07, 6.45) is 0.848. The molecule has 1 amide bonds. The minimum absolute atomic E-state index is 0.0908. The highest BCUT2D eigenvalue weighted by atomic mass is 16.1. The normalized spacial score (nSPS) is 10.8. The van der Waals surface area contributed by atoms with Crippen LogP contribution in [0, 0.1) is 6.92 Å². The first-order valence-corrected chi connectivity index (χ1v) is 8.71. The Labute approximate surface area is 152 Å². The van der Waals surface area contributed by atoms with Crippen LogP contribution < -0.4 is 5.32 Å². The number of amides is 1. The quantitative estimate of drug-likeness (QED) is 0.519. The number of carbonyl (C=O) groups excluding carboxylic acids is 1. The molecule has 0 fully saturated rings. The van der Waals surface area contributed by atoms with Crippen LogP contribution in [0.5, 0.6) is 0 Å². The fraction of sp³-hybridized carbons (Fsp3) is 0.0870. The van der Waals surface area contributed by atoms with Crippen molar-refractivity contribution < 1.29 is 4.79 Å². The molecule has 4 rings (SSSR count). The van der Waals surface area contributed by atoms with Gasteiger partial charge in [-0.25, -0.2) is 0 Å².